The molecule has 3 heterocycles. The van der Waals surface area contributed by atoms with Crippen molar-refractivity contribution in [3.05, 3.63) is 46.1 Å². The first-order chi connectivity index (χ1) is 14.0. The van der Waals surface area contributed by atoms with Gasteiger partial charge in [0.1, 0.15) is 24.6 Å². The van der Waals surface area contributed by atoms with Gasteiger partial charge in [0.15, 0.2) is 29.0 Å². The molecule has 3 aromatic rings. The molecule has 1 aromatic carbocycles. The predicted molar refractivity (Wildman–Crippen MR) is 113 cm³/mol. The number of nitrogens with zero attached hydrogens (tertiary/aromatic N) is 4. The molecule has 1 unspecified atom stereocenters. The zero-order valence-corrected chi connectivity index (χ0v) is 17.7. The molecule has 1 saturated heterocycles. The van der Waals surface area contributed by atoms with Crippen molar-refractivity contribution in [2.75, 3.05) is 5.32 Å². The van der Waals surface area contributed by atoms with E-state index in [-0.39, 0.29) is 12.2 Å². The number of carbonyl (C=O) groups is 1. The Bertz CT molecular complexity index is 1040. The largest absolute Gasteiger partial charge is 0.387 e. The minimum atomic E-state index is -1.30. The summed E-state index contributed by atoms with van der Waals surface area (Å²) >= 11 is 2.26. The number of Topliss-reactive ketones (excluding diaryl/α,β-unsaturated/α-hetero) is 1. The van der Waals surface area contributed by atoms with Gasteiger partial charge in [-0.15, -0.1) is 0 Å². The fourth-order valence-corrected chi connectivity index (χ4v) is 3.96. The molecule has 0 radical (unpaired) electrons. The number of benzene rings is 1. The van der Waals surface area contributed by atoms with E-state index in [0.717, 1.165) is 9.13 Å². The molecular weight excluding hydrogens is 489 g/mol. The van der Waals surface area contributed by atoms with Gasteiger partial charge in [0.2, 0.25) is 0 Å². The van der Waals surface area contributed by atoms with Crippen molar-refractivity contribution in [2.45, 2.75) is 44.4 Å². The molecule has 0 spiro atoms. The predicted octanol–water partition coefficient (Wildman–Crippen LogP) is 1.64. The third-order valence-electron chi connectivity index (χ3n) is 4.89. The number of aromatic nitrogens is 4. The summed E-state index contributed by atoms with van der Waals surface area (Å²) in [6, 6.07) is 8.09. The molecule has 152 valence electrons. The number of hydrogen-bond donors (Lipinski definition) is 3. The number of aliphatic hydroxyl groups excluding tert-OH is 2. The van der Waals surface area contributed by atoms with E-state index >= 15 is 0 Å². The molecule has 9 nitrogen and oxygen atoms in total. The number of halogens is 1. The fraction of sp³-hybridized carbons (Fsp3) is 0.368. The van der Waals surface area contributed by atoms with Crippen LogP contribution in [0, 0.1) is 3.57 Å². The Morgan fingerprint density at radius 1 is 1.28 bits per heavy atom. The van der Waals surface area contributed by atoms with Gasteiger partial charge in [-0.05, 0) is 40.3 Å². The van der Waals surface area contributed by atoms with Crippen LogP contribution in [0.1, 0.15) is 25.1 Å². The van der Waals surface area contributed by atoms with Crippen molar-refractivity contribution >= 4 is 45.4 Å². The first-order valence-electron chi connectivity index (χ1n) is 9.19. The summed E-state index contributed by atoms with van der Waals surface area (Å²) in [6.45, 7) is 2.24. The lowest BCUT2D eigenvalue weighted by atomic mass is 10.1. The maximum atomic E-state index is 12.0. The van der Waals surface area contributed by atoms with E-state index in [0.29, 0.717) is 23.5 Å². The maximum absolute atomic E-state index is 12.0. The molecule has 0 amide bonds. The average Bonchev–Trinajstić information content (AvgIpc) is 3.28. The van der Waals surface area contributed by atoms with Crippen LogP contribution in [0.5, 0.6) is 0 Å². The Kier molecular flexibility index (Phi) is 5.76. The van der Waals surface area contributed by atoms with Crippen molar-refractivity contribution in [1.29, 1.82) is 0 Å². The minimum Gasteiger partial charge on any atom is -0.387 e. The van der Waals surface area contributed by atoms with E-state index in [1.165, 1.54) is 17.2 Å². The lowest BCUT2D eigenvalue weighted by Crippen LogP contribution is -2.35. The first-order valence-corrected chi connectivity index (χ1v) is 10.3. The van der Waals surface area contributed by atoms with Gasteiger partial charge in [-0.25, -0.2) is 15.0 Å². The number of fused-ring (bicyclic) bond motifs is 1. The Morgan fingerprint density at radius 2 is 2.10 bits per heavy atom. The molecule has 3 N–H and O–H groups in total. The molecule has 10 heteroatoms. The normalized spacial score (nSPS) is 24.1. The van der Waals surface area contributed by atoms with Crippen LogP contribution < -0.4 is 5.32 Å². The number of imidazole rings is 1. The molecule has 0 aliphatic carbocycles. The number of carbonyl (C=O) groups excluding carboxylic acids is 1. The van der Waals surface area contributed by atoms with E-state index < -0.39 is 24.5 Å². The van der Waals surface area contributed by atoms with Gasteiger partial charge in [-0.2, -0.15) is 0 Å². The highest BCUT2D eigenvalue weighted by molar-refractivity contribution is 14.1. The first kappa shape index (κ1) is 20.1. The highest BCUT2D eigenvalue weighted by atomic mass is 127. The molecule has 1 fully saturated rings. The average molecular weight is 509 g/mol. The summed E-state index contributed by atoms with van der Waals surface area (Å²) in [4.78, 5) is 24.9. The Balaban J connectivity index is 1.60. The van der Waals surface area contributed by atoms with E-state index in [9.17, 15) is 15.0 Å². The Hall–Kier alpha value is -2.15. The number of rotatable bonds is 6. The van der Waals surface area contributed by atoms with Crippen LogP contribution in [0.3, 0.4) is 0 Å². The van der Waals surface area contributed by atoms with Crippen LogP contribution in [-0.4, -0.2) is 53.8 Å². The van der Waals surface area contributed by atoms with Crippen LogP contribution >= 0.6 is 22.6 Å². The molecule has 1 aliphatic rings. The summed E-state index contributed by atoms with van der Waals surface area (Å²) < 4.78 is 8.32. The maximum Gasteiger partial charge on any atom is 0.167 e. The monoisotopic (exact) mass is 509 g/mol. The zero-order valence-electron chi connectivity index (χ0n) is 15.6. The van der Waals surface area contributed by atoms with Crippen molar-refractivity contribution in [1.82, 2.24) is 19.5 Å². The Morgan fingerprint density at radius 3 is 2.86 bits per heavy atom. The van der Waals surface area contributed by atoms with Gasteiger partial charge in [0, 0.05) is 16.5 Å². The number of anilines is 1. The number of aliphatic hydroxyl groups is 2. The van der Waals surface area contributed by atoms with Gasteiger partial charge in [0.25, 0.3) is 0 Å². The Labute approximate surface area is 180 Å². The van der Waals surface area contributed by atoms with Gasteiger partial charge in [-0.3, -0.25) is 9.36 Å². The lowest BCUT2D eigenvalue weighted by Gasteiger charge is -2.16. The SMILES string of the molecule is CCC(=O)[C@H]1O[C@@H](n2cnc3c(NCc4cccc(I)c4)ncnc32)[C@@H](O)C1O. The van der Waals surface area contributed by atoms with Crippen molar-refractivity contribution in [3.8, 4) is 0 Å². The molecule has 0 bridgehead atoms. The van der Waals surface area contributed by atoms with Crippen molar-refractivity contribution in [3.63, 3.8) is 0 Å². The number of ether oxygens (including phenoxy) is 1. The summed E-state index contributed by atoms with van der Waals surface area (Å²) in [5, 5.41) is 23.9. The van der Waals surface area contributed by atoms with Gasteiger partial charge < -0.3 is 20.3 Å². The summed E-state index contributed by atoms with van der Waals surface area (Å²) in [5.41, 5.74) is 2.04. The van der Waals surface area contributed by atoms with E-state index in [2.05, 4.69) is 48.9 Å². The smallest absolute Gasteiger partial charge is 0.167 e. The minimum absolute atomic E-state index is 0.209. The van der Waals surface area contributed by atoms with E-state index in [1.807, 2.05) is 18.2 Å². The van der Waals surface area contributed by atoms with E-state index in [4.69, 9.17) is 4.74 Å². The lowest BCUT2D eigenvalue weighted by molar-refractivity contribution is -0.135. The van der Waals surface area contributed by atoms with Crippen LogP contribution in [0.15, 0.2) is 36.9 Å². The highest BCUT2D eigenvalue weighted by Crippen LogP contribution is 2.33. The number of hydrogen-bond acceptors (Lipinski definition) is 8. The molecule has 2 aromatic heterocycles. The molecule has 0 saturated carbocycles. The van der Waals surface area contributed by atoms with Crippen LogP contribution in [0.25, 0.3) is 11.2 Å². The van der Waals surface area contributed by atoms with Gasteiger partial charge in [0.05, 0.1) is 6.33 Å². The standard InChI is InChI=1S/C19H20IN5O4/c1-2-12(26)16-14(27)15(28)19(29-16)25-9-24-13-17(22-8-23-18(13)25)21-7-10-4-3-5-11(20)6-10/h3-6,8-9,14-16,19,27-28H,2,7H2,1H3,(H,21,22,23)/t14?,15-,16+,19+/m0/s1. The van der Waals surface area contributed by atoms with Crippen LogP contribution in [-0.2, 0) is 16.1 Å². The highest BCUT2D eigenvalue weighted by Gasteiger charge is 2.47. The van der Waals surface area contributed by atoms with E-state index in [1.54, 1.807) is 6.92 Å². The van der Waals surface area contributed by atoms with Crippen LogP contribution in [0.2, 0.25) is 0 Å². The van der Waals surface area contributed by atoms with Crippen molar-refractivity contribution in [2.24, 2.45) is 0 Å². The summed E-state index contributed by atoms with van der Waals surface area (Å²) in [5.74, 6) is 0.278. The third kappa shape index (κ3) is 3.84. The zero-order chi connectivity index (χ0) is 20.5. The second-order valence-corrected chi connectivity index (χ2v) is 8.02. The summed E-state index contributed by atoms with van der Waals surface area (Å²) in [7, 11) is 0. The number of nitrogens with one attached hydrogen (secondary N) is 1. The third-order valence-corrected chi connectivity index (χ3v) is 5.56. The van der Waals surface area contributed by atoms with Crippen LogP contribution in [0.4, 0.5) is 5.82 Å². The molecular formula is C19H20IN5O4. The molecule has 4 atom stereocenters. The van der Waals surface area contributed by atoms with Gasteiger partial charge in [-0.1, -0.05) is 19.1 Å². The second-order valence-electron chi connectivity index (χ2n) is 6.78. The number of ketones is 1. The fourth-order valence-electron chi connectivity index (χ4n) is 3.36. The topological polar surface area (TPSA) is 122 Å². The summed E-state index contributed by atoms with van der Waals surface area (Å²) in [6.07, 6.45) is -1.54. The van der Waals surface area contributed by atoms with Gasteiger partial charge >= 0.3 is 0 Å². The molecule has 1 aliphatic heterocycles. The second kappa shape index (κ2) is 8.30. The quantitative estimate of drug-likeness (QED) is 0.429. The van der Waals surface area contributed by atoms with Crippen molar-refractivity contribution < 1.29 is 19.7 Å². The molecule has 29 heavy (non-hydrogen) atoms. The molecule has 4 rings (SSSR count).